The lowest BCUT2D eigenvalue weighted by Gasteiger charge is -2.08. The summed E-state index contributed by atoms with van der Waals surface area (Å²) in [4.78, 5) is 19.2. The fraction of sp³-hybridized carbons (Fsp3) is 0.0400. The van der Waals surface area contributed by atoms with Gasteiger partial charge in [0, 0.05) is 105 Å². The molecule has 2 aliphatic rings. The first kappa shape index (κ1) is 32.0. The average Bonchev–Trinajstić information content (AvgIpc) is 4.10. The lowest BCUT2D eigenvalue weighted by atomic mass is 9.98. The minimum absolute atomic E-state index is 0.930. The van der Waals surface area contributed by atoms with Gasteiger partial charge in [-0.15, -0.1) is 0 Å². The van der Waals surface area contributed by atoms with Gasteiger partial charge in [-0.25, -0.2) is 9.97 Å². The Morgan fingerprint density at radius 3 is 0.786 bits per heavy atom. The van der Waals surface area contributed by atoms with Gasteiger partial charge in [-0.2, -0.15) is 0 Å². The number of aromatic nitrogens is 6. The van der Waals surface area contributed by atoms with E-state index >= 15 is 0 Å². The molecule has 6 heteroatoms. The summed E-state index contributed by atoms with van der Waals surface area (Å²) in [6.45, 7) is 0. The van der Waals surface area contributed by atoms with E-state index in [2.05, 4.69) is 204 Å². The minimum atomic E-state index is 0.930. The van der Waals surface area contributed by atoms with E-state index in [0.717, 1.165) is 112 Å². The third-order valence-corrected chi connectivity index (χ3v) is 11.0. The number of nitrogens with zero attached hydrogens (tertiary/aromatic N) is 4. The zero-order valence-corrected chi connectivity index (χ0v) is 31.0. The molecule has 0 atom stereocenters. The molecule has 7 heterocycles. The Bertz CT molecular complexity index is 2710. The second kappa shape index (κ2) is 12.6. The number of hydrogen-bond acceptors (Lipinski definition) is 2. The Hall–Kier alpha value is -7.44. The maximum atomic E-state index is 5.66. The van der Waals surface area contributed by atoms with E-state index < -0.39 is 0 Å². The van der Waals surface area contributed by atoms with Crippen molar-refractivity contribution in [1.29, 1.82) is 0 Å². The summed E-state index contributed by atoms with van der Waals surface area (Å²) in [6, 6.07) is 51.3. The number of rotatable bonds is 4. The summed E-state index contributed by atoms with van der Waals surface area (Å²) >= 11 is 0. The van der Waals surface area contributed by atoms with Crippen molar-refractivity contribution in [3.63, 3.8) is 0 Å². The predicted molar refractivity (Wildman–Crippen MR) is 230 cm³/mol. The zero-order chi connectivity index (χ0) is 37.3. The van der Waals surface area contributed by atoms with Gasteiger partial charge >= 0.3 is 0 Å². The number of benzene rings is 4. The van der Waals surface area contributed by atoms with Crippen LogP contribution in [0.15, 0.2) is 170 Å². The molecule has 0 radical (unpaired) electrons. The van der Waals surface area contributed by atoms with Gasteiger partial charge in [-0.1, -0.05) is 121 Å². The molecule has 56 heavy (non-hydrogen) atoms. The summed E-state index contributed by atoms with van der Waals surface area (Å²) in [6.07, 6.45) is 8.81. The van der Waals surface area contributed by atoms with Crippen LogP contribution in [0.25, 0.3) is 112 Å². The monoisotopic (exact) mass is 720 g/mol. The fourth-order valence-corrected chi connectivity index (χ4v) is 8.62. The second-order valence-corrected chi connectivity index (χ2v) is 14.7. The number of nitrogens with one attached hydrogen (secondary N) is 2. The van der Waals surface area contributed by atoms with Crippen LogP contribution in [-0.2, 0) is 14.1 Å². The fourth-order valence-electron chi connectivity index (χ4n) is 8.62. The van der Waals surface area contributed by atoms with Crippen LogP contribution in [0.4, 0.5) is 0 Å². The highest BCUT2D eigenvalue weighted by molar-refractivity contribution is 6.07. The molecule has 8 bridgehead atoms. The molecule has 0 amide bonds. The number of hydrogen-bond donors (Lipinski definition) is 2. The first-order chi connectivity index (χ1) is 27.6. The van der Waals surface area contributed by atoms with Crippen LogP contribution in [0.1, 0.15) is 0 Å². The van der Waals surface area contributed by atoms with Crippen LogP contribution < -0.4 is 0 Å². The van der Waals surface area contributed by atoms with Gasteiger partial charge < -0.3 is 19.1 Å². The molecule has 5 aromatic heterocycles. The third kappa shape index (κ3) is 5.03. The molecular formula is C50H36N6. The Morgan fingerprint density at radius 1 is 0.321 bits per heavy atom. The molecule has 0 unspecified atom stereocenters. The van der Waals surface area contributed by atoms with Gasteiger partial charge in [0.1, 0.15) is 0 Å². The Morgan fingerprint density at radius 2 is 0.554 bits per heavy atom. The van der Waals surface area contributed by atoms with Crippen LogP contribution in [0, 0.1) is 0 Å². The van der Waals surface area contributed by atoms with Crippen molar-refractivity contribution in [2.75, 3.05) is 0 Å². The quantitative estimate of drug-likeness (QED) is 0.190. The average molecular weight is 721 g/mol. The molecule has 11 rings (SSSR count). The standard InChI is InChI=1S/C50H36N6/c1-55-27-35-36(28-55)48-44(32-17-9-4-10-18-32)40-24-26-42(52-40)46(34-21-13-6-14-22-34)50-38-30-56(2)29-37(38)49(54-50)45(33-19-11-5-12-20-33)41-25-23-39(51-41)43(47(35)53-48)31-15-7-3-8-16-31/h3-30,51-52H,1-2H3. The van der Waals surface area contributed by atoms with E-state index in [4.69, 9.17) is 9.97 Å². The Labute approximate surface area is 324 Å². The maximum Gasteiger partial charge on any atom is 0.0831 e. The van der Waals surface area contributed by atoms with E-state index in [1.807, 2.05) is 0 Å². The summed E-state index contributed by atoms with van der Waals surface area (Å²) in [5.74, 6) is 0. The topological polar surface area (TPSA) is 67.2 Å². The molecule has 9 aromatic rings. The summed E-state index contributed by atoms with van der Waals surface area (Å²) in [7, 11) is 4.19. The number of fused-ring (bicyclic) bond motifs is 14. The van der Waals surface area contributed by atoms with E-state index in [-0.39, 0.29) is 0 Å². The van der Waals surface area contributed by atoms with Crippen molar-refractivity contribution < 1.29 is 0 Å². The largest absolute Gasteiger partial charge is 0.356 e. The van der Waals surface area contributed by atoms with Crippen molar-refractivity contribution in [2.45, 2.75) is 0 Å². The summed E-state index contributed by atoms with van der Waals surface area (Å²) in [5.41, 5.74) is 20.5. The smallest absolute Gasteiger partial charge is 0.0831 e. The van der Waals surface area contributed by atoms with E-state index in [9.17, 15) is 0 Å². The van der Waals surface area contributed by atoms with Gasteiger partial charge in [-0.05, 0) is 46.5 Å². The van der Waals surface area contributed by atoms with Crippen LogP contribution >= 0.6 is 0 Å². The highest BCUT2D eigenvalue weighted by Gasteiger charge is 2.29. The normalized spacial score (nSPS) is 11.8. The summed E-state index contributed by atoms with van der Waals surface area (Å²) < 4.78 is 4.30. The molecule has 2 aliphatic heterocycles. The summed E-state index contributed by atoms with van der Waals surface area (Å²) in [5, 5.41) is 0. The van der Waals surface area contributed by atoms with Gasteiger partial charge in [0.05, 0.1) is 22.8 Å². The predicted octanol–water partition coefficient (Wildman–Crippen LogP) is 12.3. The van der Waals surface area contributed by atoms with Crippen molar-refractivity contribution in [3.05, 3.63) is 170 Å². The minimum Gasteiger partial charge on any atom is -0.356 e. The molecule has 0 spiro atoms. The van der Waals surface area contributed by atoms with E-state index in [0.29, 0.717) is 0 Å². The second-order valence-electron chi connectivity index (χ2n) is 14.7. The molecule has 2 N–H and O–H groups in total. The Balaban J connectivity index is 1.41. The van der Waals surface area contributed by atoms with Crippen molar-refractivity contribution in [2.24, 2.45) is 14.1 Å². The highest BCUT2D eigenvalue weighted by Crippen LogP contribution is 2.49. The first-order valence-electron chi connectivity index (χ1n) is 18.9. The molecule has 0 saturated carbocycles. The lowest BCUT2D eigenvalue weighted by molar-refractivity contribution is 0.927. The number of aromatic amines is 2. The first-order valence-corrected chi connectivity index (χ1v) is 18.9. The van der Waals surface area contributed by atoms with Crippen molar-refractivity contribution in [3.8, 4) is 89.5 Å². The number of H-pyrrole nitrogens is 2. The third-order valence-electron chi connectivity index (χ3n) is 11.0. The maximum absolute atomic E-state index is 5.66. The Kier molecular flexibility index (Phi) is 7.19. The molecule has 266 valence electrons. The molecule has 0 saturated heterocycles. The van der Waals surface area contributed by atoms with Crippen LogP contribution in [0.5, 0.6) is 0 Å². The number of aryl methyl sites for hydroxylation is 2. The highest BCUT2D eigenvalue weighted by atomic mass is 14.9. The molecule has 0 aliphatic carbocycles. The van der Waals surface area contributed by atoms with Gasteiger partial charge in [-0.3, -0.25) is 0 Å². The van der Waals surface area contributed by atoms with Gasteiger partial charge in [0.15, 0.2) is 0 Å². The van der Waals surface area contributed by atoms with Gasteiger partial charge in [0.2, 0.25) is 0 Å². The molecular weight excluding hydrogens is 685 g/mol. The molecule has 0 fully saturated rings. The van der Waals surface area contributed by atoms with Gasteiger partial charge in [0.25, 0.3) is 0 Å². The SMILES string of the molecule is Cn1cc2c(c1)-c1nc-2c(-c2ccccc2)c2ccc([nH]2)c(-c2ccccc2)c2nc(c(-c3ccccc3)c3ccc([nH]3)c1-c1ccccc1)-c1cn(C)cc1-2. The van der Waals surface area contributed by atoms with Crippen LogP contribution in [-0.4, -0.2) is 29.1 Å². The van der Waals surface area contributed by atoms with E-state index in [1.165, 1.54) is 0 Å². The zero-order valence-electron chi connectivity index (χ0n) is 31.0. The molecule has 6 nitrogen and oxygen atoms in total. The van der Waals surface area contributed by atoms with Crippen molar-refractivity contribution in [1.82, 2.24) is 29.1 Å². The van der Waals surface area contributed by atoms with E-state index in [1.54, 1.807) is 0 Å². The lowest BCUT2D eigenvalue weighted by Crippen LogP contribution is -1.89. The van der Waals surface area contributed by atoms with Crippen LogP contribution in [0.2, 0.25) is 0 Å². The van der Waals surface area contributed by atoms with Crippen molar-refractivity contribution >= 4 is 22.1 Å². The van der Waals surface area contributed by atoms with Crippen LogP contribution in [0.3, 0.4) is 0 Å². The molecule has 4 aromatic carbocycles.